The quantitative estimate of drug-likeness (QED) is 0.651. The van der Waals surface area contributed by atoms with Gasteiger partial charge in [0.1, 0.15) is 4.34 Å². The number of nitrogens with zero attached hydrogens (tertiary/aromatic N) is 2. The predicted octanol–water partition coefficient (Wildman–Crippen LogP) is 2.17. The van der Waals surface area contributed by atoms with Crippen molar-refractivity contribution < 1.29 is 0 Å². The zero-order valence-electron chi connectivity index (χ0n) is 5.39. The number of rotatable bonds is 1. The summed E-state index contributed by atoms with van der Waals surface area (Å²) >= 11 is 7.14. The Hall–Kier alpha value is -0.590. The summed E-state index contributed by atoms with van der Waals surface area (Å²) in [6, 6.07) is 2.00. The minimum atomic E-state index is 0.309. The highest BCUT2D eigenvalue weighted by molar-refractivity contribution is 7.15. The Morgan fingerprint density at radius 2 is 2.50 bits per heavy atom. The van der Waals surface area contributed by atoms with Gasteiger partial charge in [0.2, 0.25) is 0 Å². The molecule has 0 aromatic carbocycles. The molecule has 1 aromatic rings. The van der Waals surface area contributed by atoms with Crippen LogP contribution >= 0.6 is 22.9 Å². The van der Waals surface area contributed by atoms with Gasteiger partial charge in [0, 0.05) is 0 Å². The summed E-state index contributed by atoms with van der Waals surface area (Å²) in [4.78, 5) is 4.06. The number of hydrogen-bond acceptors (Lipinski definition) is 3. The molecule has 4 heteroatoms. The van der Waals surface area contributed by atoms with Crippen molar-refractivity contribution in [3.05, 3.63) is 15.0 Å². The summed E-state index contributed by atoms with van der Waals surface area (Å²) < 4.78 is 0.638. The molecule has 0 bridgehead atoms. The molecule has 1 aromatic heterocycles. The Labute approximate surface area is 68.1 Å². The Kier molecular flexibility index (Phi) is 2.25. The van der Waals surface area contributed by atoms with Gasteiger partial charge < -0.3 is 0 Å². The van der Waals surface area contributed by atoms with Crippen LogP contribution < -0.4 is 0 Å². The molecule has 0 radical (unpaired) electrons. The fourth-order valence-corrected chi connectivity index (χ4v) is 1.72. The van der Waals surface area contributed by atoms with Crippen molar-refractivity contribution in [3.8, 4) is 6.07 Å². The molecule has 52 valence electrons. The smallest absolute Gasteiger partial charge is 0.117 e. The van der Waals surface area contributed by atoms with Gasteiger partial charge in [0.05, 0.1) is 23.2 Å². The van der Waals surface area contributed by atoms with Crippen molar-refractivity contribution in [2.24, 2.45) is 0 Å². The van der Waals surface area contributed by atoms with Gasteiger partial charge in [-0.3, -0.25) is 0 Å². The molecular weight excluding hydrogens is 168 g/mol. The summed E-state index contributed by atoms with van der Waals surface area (Å²) in [6.07, 6.45) is 0.309. The van der Waals surface area contributed by atoms with Gasteiger partial charge in [-0.25, -0.2) is 4.98 Å². The van der Waals surface area contributed by atoms with Gasteiger partial charge in [0.15, 0.2) is 0 Å². The van der Waals surface area contributed by atoms with Gasteiger partial charge in [-0.1, -0.05) is 11.6 Å². The third-order valence-electron chi connectivity index (χ3n) is 1.00. The molecule has 0 saturated heterocycles. The van der Waals surface area contributed by atoms with E-state index in [1.54, 1.807) is 0 Å². The van der Waals surface area contributed by atoms with E-state index in [4.69, 9.17) is 16.9 Å². The summed E-state index contributed by atoms with van der Waals surface area (Å²) in [5.74, 6) is 0. The van der Waals surface area contributed by atoms with E-state index >= 15 is 0 Å². The number of thiazole rings is 1. The van der Waals surface area contributed by atoms with Crippen molar-refractivity contribution in [1.29, 1.82) is 5.26 Å². The molecule has 0 fully saturated rings. The van der Waals surface area contributed by atoms with E-state index in [0.29, 0.717) is 16.5 Å². The highest BCUT2D eigenvalue weighted by atomic mass is 35.5. The number of aryl methyl sites for hydroxylation is 1. The minimum absolute atomic E-state index is 0.309. The first-order valence-corrected chi connectivity index (χ1v) is 3.92. The molecule has 0 unspecified atom stereocenters. The predicted molar refractivity (Wildman–Crippen MR) is 41.2 cm³/mol. The van der Waals surface area contributed by atoms with Crippen molar-refractivity contribution in [1.82, 2.24) is 4.98 Å². The molecule has 0 N–H and O–H groups in total. The van der Waals surface area contributed by atoms with Crippen molar-refractivity contribution in [2.45, 2.75) is 13.3 Å². The van der Waals surface area contributed by atoms with Gasteiger partial charge >= 0.3 is 0 Å². The molecule has 0 saturated carbocycles. The maximum absolute atomic E-state index is 8.31. The van der Waals surface area contributed by atoms with Gasteiger partial charge in [0.25, 0.3) is 0 Å². The molecule has 2 nitrogen and oxygen atoms in total. The molecule has 0 spiro atoms. The average molecular weight is 173 g/mol. The Morgan fingerprint density at radius 3 is 2.90 bits per heavy atom. The van der Waals surface area contributed by atoms with Crippen LogP contribution in [0.4, 0.5) is 0 Å². The van der Waals surface area contributed by atoms with Gasteiger partial charge in [-0.2, -0.15) is 5.26 Å². The number of aromatic nitrogens is 1. The molecular formula is C6H5ClN2S. The van der Waals surface area contributed by atoms with E-state index in [9.17, 15) is 0 Å². The number of halogens is 1. The van der Waals surface area contributed by atoms with Crippen LogP contribution in [0.25, 0.3) is 0 Å². The molecule has 0 aliphatic carbocycles. The normalized spacial score (nSPS) is 9.30. The van der Waals surface area contributed by atoms with Crippen molar-refractivity contribution in [3.63, 3.8) is 0 Å². The van der Waals surface area contributed by atoms with Crippen LogP contribution in [0.2, 0.25) is 4.34 Å². The zero-order chi connectivity index (χ0) is 7.56. The lowest BCUT2D eigenvalue weighted by atomic mass is 10.4. The lowest BCUT2D eigenvalue weighted by Crippen LogP contribution is -1.81. The topological polar surface area (TPSA) is 36.7 Å². The monoisotopic (exact) mass is 172 g/mol. The molecule has 10 heavy (non-hydrogen) atoms. The first-order valence-electron chi connectivity index (χ1n) is 2.73. The maximum Gasteiger partial charge on any atom is 0.117 e. The van der Waals surface area contributed by atoms with Crippen LogP contribution in [-0.2, 0) is 6.42 Å². The van der Waals surface area contributed by atoms with Gasteiger partial charge in [-0.15, -0.1) is 11.3 Å². The summed E-state index contributed by atoms with van der Waals surface area (Å²) in [5, 5.41) is 9.22. The summed E-state index contributed by atoms with van der Waals surface area (Å²) in [5.41, 5.74) is 0.701. The SMILES string of the molecule is Cc1nc(CC#N)c(Cl)s1. The third-order valence-corrected chi connectivity index (χ3v) is 2.25. The van der Waals surface area contributed by atoms with Crippen molar-refractivity contribution in [2.75, 3.05) is 0 Å². The minimum Gasteiger partial charge on any atom is -0.244 e. The lowest BCUT2D eigenvalue weighted by Gasteiger charge is -1.82. The van der Waals surface area contributed by atoms with Crippen molar-refractivity contribution >= 4 is 22.9 Å². The van der Waals surface area contributed by atoms with Crippen LogP contribution in [0.5, 0.6) is 0 Å². The number of hydrogen-bond donors (Lipinski definition) is 0. The van der Waals surface area contributed by atoms with E-state index in [2.05, 4.69) is 4.98 Å². The largest absolute Gasteiger partial charge is 0.244 e. The van der Waals surface area contributed by atoms with Gasteiger partial charge in [-0.05, 0) is 6.92 Å². The third kappa shape index (κ3) is 1.47. The van der Waals surface area contributed by atoms with Crippen LogP contribution in [0.15, 0.2) is 0 Å². The number of nitriles is 1. The van der Waals surface area contributed by atoms with Crippen LogP contribution in [-0.4, -0.2) is 4.98 Å². The first-order chi connectivity index (χ1) is 4.74. The first kappa shape index (κ1) is 7.52. The highest BCUT2D eigenvalue weighted by Gasteiger charge is 2.04. The standard InChI is InChI=1S/C6H5ClN2S/c1-4-9-5(2-3-8)6(7)10-4/h2H2,1H3. The fourth-order valence-electron chi connectivity index (χ4n) is 0.629. The second-order valence-electron chi connectivity index (χ2n) is 1.79. The molecule has 1 rings (SSSR count). The van der Waals surface area contributed by atoms with Crippen LogP contribution in [0.1, 0.15) is 10.7 Å². The lowest BCUT2D eigenvalue weighted by molar-refractivity contribution is 1.12. The second kappa shape index (κ2) is 3.00. The van der Waals surface area contributed by atoms with E-state index < -0.39 is 0 Å². The molecule has 0 aliphatic heterocycles. The maximum atomic E-state index is 8.31. The van der Waals surface area contributed by atoms with E-state index in [0.717, 1.165) is 5.01 Å². The molecule has 1 heterocycles. The van der Waals surface area contributed by atoms with E-state index in [1.807, 2.05) is 13.0 Å². The van der Waals surface area contributed by atoms with E-state index in [1.165, 1.54) is 11.3 Å². The molecule has 0 atom stereocenters. The highest BCUT2D eigenvalue weighted by Crippen LogP contribution is 2.23. The van der Waals surface area contributed by atoms with E-state index in [-0.39, 0.29) is 0 Å². The fraction of sp³-hybridized carbons (Fsp3) is 0.333. The summed E-state index contributed by atoms with van der Waals surface area (Å²) in [7, 11) is 0. The molecule has 0 aliphatic rings. The second-order valence-corrected chi connectivity index (χ2v) is 3.59. The van der Waals surface area contributed by atoms with Crippen LogP contribution in [0.3, 0.4) is 0 Å². The van der Waals surface area contributed by atoms with Crippen LogP contribution in [0, 0.1) is 18.3 Å². The summed E-state index contributed by atoms with van der Waals surface area (Å²) in [6.45, 7) is 1.87. The Morgan fingerprint density at radius 1 is 1.80 bits per heavy atom. The average Bonchev–Trinajstić information content (AvgIpc) is 2.13. The zero-order valence-corrected chi connectivity index (χ0v) is 6.96. The molecule has 0 amide bonds. The Bertz CT molecular complexity index is 274. The Balaban J connectivity index is 2.94.